The highest BCUT2D eigenvalue weighted by atomic mass is 79.9. The summed E-state index contributed by atoms with van der Waals surface area (Å²) in [4.78, 5) is 5.01. The highest BCUT2D eigenvalue weighted by Gasteiger charge is 2.20. The Bertz CT molecular complexity index is 818. The van der Waals surface area contributed by atoms with Gasteiger partial charge in [0, 0.05) is 48.8 Å². The van der Waals surface area contributed by atoms with Gasteiger partial charge >= 0.3 is 0 Å². The number of hydrogen-bond donors (Lipinski definition) is 0. The van der Waals surface area contributed by atoms with Gasteiger partial charge in [-0.3, -0.25) is 9.80 Å². The largest absolute Gasteiger partial charge is 0.300 e. The summed E-state index contributed by atoms with van der Waals surface area (Å²) in [5.41, 5.74) is 1.25. The Kier molecular flexibility index (Phi) is 6.75. The molecule has 26 heavy (non-hydrogen) atoms. The molecule has 1 aliphatic rings. The molecule has 1 aliphatic heterocycles. The lowest BCUT2D eigenvalue weighted by Crippen LogP contribution is -2.47. The van der Waals surface area contributed by atoms with Gasteiger partial charge in [0.2, 0.25) is 0 Å². The van der Waals surface area contributed by atoms with E-state index in [0.717, 1.165) is 42.2 Å². The Morgan fingerprint density at radius 3 is 2.08 bits per heavy atom. The van der Waals surface area contributed by atoms with Gasteiger partial charge in [-0.2, -0.15) is 0 Å². The Morgan fingerprint density at radius 1 is 0.885 bits per heavy atom. The van der Waals surface area contributed by atoms with Crippen molar-refractivity contribution in [2.75, 3.05) is 38.5 Å². The normalized spacial score (nSPS) is 16.7. The minimum absolute atomic E-state index is 0.159. The highest BCUT2D eigenvalue weighted by Crippen LogP contribution is 2.17. The van der Waals surface area contributed by atoms with E-state index in [2.05, 4.69) is 37.9 Å². The number of halogens is 2. The minimum atomic E-state index is -3.23. The molecule has 0 unspecified atom stereocenters. The summed E-state index contributed by atoms with van der Waals surface area (Å²) >= 11 is 9.26. The molecule has 3 rings (SSSR count). The van der Waals surface area contributed by atoms with E-state index in [1.807, 2.05) is 12.1 Å². The predicted molar refractivity (Wildman–Crippen MR) is 109 cm³/mol. The monoisotopic (exact) mass is 456 g/mol. The molecule has 4 nitrogen and oxygen atoms in total. The maximum absolute atomic E-state index is 12.5. The summed E-state index contributed by atoms with van der Waals surface area (Å²) < 4.78 is 25.8. The highest BCUT2D eigenvalue weighted by molar-refractivity contribution is 9.10. The number of sulfone groups is 1. The molecule has 0 bridgehead atoms. The summed E-state index contributed by atoms with van der Waals surface area (Å²) in [6.07, 6.45) is 0. The number of piperazine rings is 1. The van der Waals surface area contributed by atoms with Crippen molar-refractivity contribution in [3.63, 3.8) is 0 Å². The quantitative estimate of drug-likeness (QED) is 0.663. The lowest BCUT2D eigenvalue weighted by Gasteiger charge is -2.34. The second-order valence-electron chi connectivity index (χ2n) is 6.52. The molecule has 0 radical (unpaired) electrons. The fraction of sp³-hybridized carbons (Fsp3) is 0.368. The van der Waals surface area contributed by atoms with Crippen molar-refractivity contribution < 1.29 is 8.42 Å². The second-order valence-corrected chi connectivity index (χ2v) is 9.98. The van der Waals surface area contributed by atoms with Crippen molar-refractivity contribution >= 4 is 37.4 Å². The molecule has 7 heteroatoms. The second kappa shape index (κ2) is 8.85. The molecule has 0 spiro atoms. The first-order valence-electron chi connectivity index (χ1n) is 8.60. The van der Waals surface area contributed by atoms with Gasteiger partial charge in [-0.05, 0) is 42.0 Å². The standard InChI is InChI=1S/C19H22BrClN2O2S/c20-17-3-7-19(8-4-17)26(24,25)14-13-22-9-11-23(12-10-22)15-16-1-5-18(21)6-2-16/h1-8H,9-15H2. The average molecular weight is 458 g/mol. The molecule has 0 aromatic heterocycles. The van der Waals surface area contributed by atoms with Crippen LogP contribution in [-0.2, 0) is 16.4 Å². The van der Waals surface area contributed by atoms with Crippen LogP contribution in [0.15, 0.2) is 57.9 Å². The Balaban J connectivity index is 1.46. The van der Waals surface area contributed by atoms with Gasteiger partial charge in [0.05, 0.1) is 10.6 Å². The van der Waals surface area contributed by atoms with Crippen LogP contribution in [0, 0.1) is 0 Å². The maximum atomic E-state index is 12.5. The van der Waals surface area contributed by atoms with Crippen molar-refractivity contribution in [3.05, 3.63) is 63.6 Å². The molecule has 140 valence electrons. The van der Waals surface area contributed by atoms with Crippen LogP contribution in [0.2, 0.25) is 5.02 Å². The zero-order valence-electron chi connectivity index (χ0n) is 14.4. The van der Waals surface area contributed by atoms with Gasteiger partial charge < -0.3 is 0 Å². The topological polar surface area (TPSA) is 40.6 Å². The van der Waals surface area contributed by atoms with Crippen LogP contribution in [-0.4, -0.2) is 56.7 Å². The first kappa shape index (κ1) is 19.8. The Hall–Kier alpha value is -0.920. The number of rotatable bonds is 6. The van der Waals surface area contributed by atoms with E-state index in [0.29, 0.717) is 11.4 Å². The van der Waals surface area contributed by atoms with Crippen LogP contribution in [0.5, 0.6) is 0 Å². The van der Waals surface area contributed by atoms with Crippen molar-refractivity contribution in [1.29, 1.82) is 0 Å². The smallest absolute Gasteiger partial charge is 0.179 e. The first-order chi connectivity index (χ1) is 12.4. The SMILES string of the molecule is O=S(=O)(CCN1CCN(Cc2ccc(Cl)cc2)CC1)c1ccc(Br)cc1. The van der Waals surface area contributed by atoms with E-state index in [-0.39, 0.29) is 5.75 Å². The number of benzene rings is 2. The van der Waals surface area contributed by atoms with Gasteiger partial charge in [-0.25, -0.2) is 8.42 Å². The summed E-state index contributed by atoms with van der Waals surface area (Å²) in [5, 5.41) is 0.755. The number of hydrogen-bond acceptors (Lipinski definition) is 4. The molecule has 0 N–H and O–H groups in total. The van der Waals surface area contributed by atoms with E-state index < -0.39 is 9.84 Å². The molecular formula is C19H22BrClN2O2S. The third-order valence-corrected chi connectivity index (χ3v) is 7.12. The van der Waals surface area contributed by atoms with E-state index in [1.54, 1.807) is 24.3 Å². The zero-order chi connectivity index (χ0) is 18.6. The van der Waals surface area contributed by atoms with Crippen molar-refractivity contribution in [2.45, 2.75) is 11.4 Å². The molecule has 2 aromatic carbocycles. The van der Waals surface area contributed by atoms with E-state index >= 15 is 0 Å². The Labute approximate surface area is 168 Å². The molecular weight excluding hydrogens is 436 g/mol. The van der Waals surface area contributed by atoms with Gasteiger partial charge in [0.25, 0.3) is 0 Å². The lowest BCUT2D eigenvalue weighted by atomic mass is 10.2. The summed E-state index contributed by atoms with van der Waals surface area (Å²) in [6.45, 7) is 5.16. The fourth-order valence-corrected chi connectivity index (χ4v) is 4.70. The van der Waals surface area contributed by atoms with Crippen LogP contribution >= 0.6 is 27.5 Å². The first-order valence-corrected chi connectivity index (χ1v) is 11.4. The van der Waals surface area contributed by atoms with E-state index in [4.69, 9.17) is 11.6 Å². The summed E-state index contributed by atoms with van der Waals surface area (Å²) in [5.74, 6) is 0.159. The molecule has 1 fully saturated rings. The number of nitrogens with zero attached hydrogens (tertiary/aromatic N) is 2. The molecule has 2 aromatic rings. The molecule has 0 saturated carbocycles. The van der Waals surface area contributed by atoms with Crippen molar-refractivity contribution in [1.82, 2.24) is 9.80 Å². The minimum Gasteiger partial charge on any atom is -0.300 e. The van der Waals surface area contributed by atoms with Gasteiger partial charge in [-0.15, -0.1) is 0 Å². The van der Waals surface area contributed by atoms with Crippen LogP contribution < -0.4 is 0 Å². The van der Waals surface area contributed by atoms with E-state index in [1.165, 1.54) is 5.56 Å². The third kappa shape index (κ3) is 5.54. The predicted octanol–water partition coefficient (Wildman–Crippen LogP) is 3.69. The van der Waals surface area contributed by atoms with Gasteiger partial charge in [0.1, 0.15) is 0 Å². The van der Waals surface area contributed by atoms with Crippen LogP contribution in [0.3, 0.4) is 0 Å². The van der Waals surface area contributed by atoms with Crippen molar-refractivity contribution in [3.8, 4) is 0 Å². The third-order valence-electron chi connectivity index (χ3n) is 4.63. The summed E-state index contributed by atoms with van der Waals surface area (Å²) in [6, 6.07) is 14.8. The van der Waals surface area contributed by atoms with E-state index in [9.17, 15) is 8.42 Å². The molecule has 0 atom stereocenters. The molecule has 0 aliphatic carbocycles. The molecule has 1 heterocycles. The van der Waals surface area contributed by atoms with Gasteiger partial charge in [-0.1, -0.05) is 39.7 Å². The van der Waals surface area contributed by atoms with Gasteiger partial charge in [0.15, 0.2) is 9.84 Å². The Morgan fingerprint density at radius 2 is 1.46 bits per heavy atom. The van der Waals surface area contributed by atoms with Crippen LogP contribution in [0.1, 0.15) is 5.56 Å². The zero-order valence-corrected chi connectivity index (χ0v) is 17.6. The molecule has 1 saturated heterocycles. The van der Waals surface area contributed by atoms with Crippen LogP contribution in [0.4, 0.5) is 0 Å². The average Bonchev–Trinajstić information content (AvgIpc) is 2.63. The fourth-order valence-electron chi connectivity index (χ4n) is 3.03. The summed E-state index contributed by atoms with van der Waals surface area (Å²) in [7, 11) is -3.23. The van der Waals surface area contributed by atoms with Crippen LogP contribution in [0.25, 0.3) is 0 Å². The molecule has 0 amide bonds. The lowest BCUT2D eigenvalue weighted by molar-refractivity contribution is 0.132. The van der Waals surface area contributed by atoms with Crippen molar-refractivity contribution in [2.24, 2.45) is 0 Å². The maximum Gasteiger partial charge on any atom is 0.179 e.